The number of ether oxygens (including phenoxy) is 1. The molecule has 0 saturated carbocycles. The van der Waals surface area contributed by atoms with E-state index < -0.39 is 36.2 Å². The van der Waals surface area contributed by atoms with Crippen molar-refractivity contribution in [2.75, 3.05) is 0 Å². The van der Waals surface area contributed by atoms with Crippen LogP contribution in [-0.2, 0) is 16.0 Å². The van der Waals surface area contributed by atoms with Gasteiger partial charge < -0.3 is 25.8 Å². The van der Waals surface area contributed by atoms with Crippen molar-refractivity contribution in [2.45, 2.75) is 90.4 Å². The van der Waals surface area contributed by atoms with Crippen LogP contribution < -0.4 is 20.7 Å². The van der Waals surface area contributed by atoms with Crippen LogP contribution in [-0.4, -0.2) is 47.2 Å². The number of hydrogen-bond acceptors (Lipinski definition) is 5. The van der Waals surface area contributed by atoms with Crippen molar-refractivity contribution < 1.29 is 24.2 Å². The topological polar surface area (TPSA) is 117 Å². The lowest BCUT2D eigenvalue weighted by molar-refractivity contribution is -0.131. The van der Waals surface area contributed by atoms with E-state index in [4.69, 9.17) is 4.74 Å². The van der Waals surface area contributed by atoms with Gasteiger partial charge in [-0.25, -0.2) is 4.79 Å². The second kappa shape index (κ2) is 16.5. The molecule has 3 amide bonds. The van der Waals surface area contributed by atoms with Gasteiger partial charge in [-0.3, -0.25) is 9.59 Å². The minimum absolute atomic E-state index is 0.262. The van der Waals surface area contributed by atoms with E-state index in [9.17, 15) is 19.5 Å². The van der Waals surface area contributed by atoms with Gasteiger partial charge in [0.25, 0.3) is 0 Å². The van der Waals surface area contributed by atoms with E-state index in [-0.39, 0.29) is 18.2 Å². The van der Waals surface area contributed by atoms with Crippen LogP contribution in [0.5, 0.6) is 5.75 Å². The van der Waals surface area contributed by atoms with E-state index in [0.29, 0.717) is 12.2 Å². The summed E-state index contributed by atoms with van der Waals surface area (Å²) in [5, 5.41) is 18.7. The maximum atomic E-state index is 13.4. The highest BCUT2D eigenvalue weighted by molar-refractivity contribution is 5.92. The van der Waals surface area contributed by atoms with Crippen molar-refractivity contribution in [3.05, 3.63) is 66.2 Å². The summed E-state index contributed by atoms with van der Waals surface area (Å²) >= 11 is 0. The second-order valence-corrected chi connectivity index (χ2v) is 10.0. The molecule has 208 valence electrons. The quantitative estimate of drug-likeness (QED) is 0.258. The summed E-state index contributed by atoms with van der Waals surface area (Å²) in [4.78, 5) is 39.2. The molecular formula is C30H43N3O5. The van der Waals surface area contributed by atoms with Gasteiger partial charge in [-0.1, -0.05) is 95.0 Å². The third kappa shape index (κ3) is 10.9. The Bertz CT molecular complexity index is 982. The predicted molar refractivity (Wildman–Crippen MR) is 149 cm³/mol. The zero-order chi connectivity index (χ0) is 27.9. The molecule has 0 aromatic heterocycles. The van der Waals surface area contributed by atoms with Crippen molar-refractivity contribution in [3.63, 3.8) is 0 Å². The number of nitrogens with one attached hydrogen (secondary N) is 3. The first-order chi connectivity index (χ1) is 18.2. The number of carbonyl (C=O) groups excluding carboxylic acids is 3. The molecule has 38 heavy (non-hydrogen) atoms. The first-order valence-electron chi connectivity index (χ1n) is 13.6. The van der Waals surface area contributed by atoms with E-state index in [0.717, 1.165) is 31.2 Å². The molecule has 4 atom stereocenters. The van der Waals surface area contributed by atoms with E-state index in [1.165, 1.54) is 0 Å². The number of unbranched alkanes of at least 4 members (excludes halogenated alkanes) is 3. The lowest BCUT2D eigenvalue weighted by Crippen LogP contribution is -2.58. The Hall–Kier alpha value is -3.39. The number of rotatable bonds is 15. The first kappa shape index (κ1) is 30.8. The maximum Gasteiger partial charge on any atom is 0.413 e. The van der Waals surface area contributed by atoms with Gasteiger partial charge in [0.15, 0.2) is 0 Å². The fraction of sp³-hybridized carbons (Fsp3) is 0.500. The van der Waals surface area contributed by atoms with Crippen LogP contribution >= 0.6 is 0 Å². The third-order valence-corrected chi connectivity index (χ3v) is 6.37. The average Bonchev–Trinajstić information content (AvgIpc) is 2.89. The Balaban J connectivity index is 2.13. The van der Waals surface area contributed by atoms with Crippen LogP contribution in [0.1, 0.15) is 65.4 Å². The largest absolute Gasteiger partial charge is 0.413 e. The first-order valence-corrected chi connectivity index (χ1v) is 13.6. The zero-order valence-electron chi connectivity index (χ0n) is 23.0. The van der Waals surface area contributed by atoms with Crippen LogP contribution in [0.15, 0.2) is 60.7 Å². The van der Waals surface area contributed by atoms with Crippen molar-refractivity contribution >= 4 is 17.9 Å². The molecule has 0 aliphatic rings. The molecule has 0 saturated heterocycles. The molecule has 0 heterocycles. The molecule has 8 heteroatoms. The number of amides is 3. The van der Waals surface area contributed by atoms with Crippen LogP contribution in [0.25, 0.3) is 0 Å². The normalized spacial score (nSPS) is 14.2. The predicted octanol–water partition coefficient (Wildman–Crippen LogP) is 4.36. The molecule has 0 fully saturated rings. The molecule has 2 aromatic carbocycles. The summed E-state index contributed by atoms with van der Waals surface area (Å²) < 4.78 is 5.29. The average molecular weight is 526 g/mol. The molecular weight excluding hydrogens is 482 g/mol. The van der Waals surface area contributed by atoms with Crippen LogP contribution in [0.2, 0.25) is 0 Å². The molecule has 2 rings (SSSR count). The monoisotopic (exact) mass is 525 g/mol. The van der Waals surface area contributed by atoms with E-state index in [1.54, 1.807) is 51.1 Å². The van der Waals surface area contributed by atoms with Crippen molar-refractivity contribution in [1.82, 2.24) is 16.0 Å². The summed E-state index contributed by atoms with van der Waals surface area (Å²) in [6, 6.07) is 15.7. The minimum atomic E-state index is -0.918. The van der Waals surface area contributed by atoms with Gasteiger partial charge in [0.05, 0.1) is 12.1 Å². The summed E-state index contributed by atoms with van der Waals surface area (Å²) in [6.07, 6.45) is 3.55. The Kier molecular flexibility index (Phi) is 13.3. The maximum absolute atomic E-state index is 13.4. The molecule has 0 aliphatic heterocycles. The molecule has 0 spiro atoms. The summed E-state index contributed by atoms with van der Waals surface area (Å²) in [5.41, 5.74) is 0.877. The summed E-state index contributed by atoms with van der Waals surface area (Å²) in [6.45, 7) is 7.40. The SMILES string of the molecule is CCCCCC[C@H](NC(=O)C(Cc1ccccc1)NC(=O)C(NC(=O)Oc1ccccc1)C(C)C)[C@H](C)O. The number of para-hydroxylation sites is 1. The fourth-order valence-electron chi connectivity index (χ4n) is 4.12. The van der Waals surface area contributed by atoms with Gasteiger partial charge in [0.2, 0.25) is 11.8 Å². The number of hydrogen-bond donors (Lipinski definition) is 4. The highest BCUT2D eigenvalue weighted by Crippen LogP contribution is 2.12. The van der Waals surface area contributed by atoms with E-state index >= 15 is 0 Å². The number of benzene rings is 2. The molecule has 4 N–H and O–H groups in total. The van der Waals surface area contributed by atoms with Gasteiger partial charge in [-0.2, -0.15) is 0 Å². The Morgan fingerprint density at radius 2 is 1.45 bits per heavy atom. The molecule has 0 radical (unpaired) electrons. The highest BCUT2D eigenvalue weighted by Gasteiger charge is 2.31. The van der Waals surface area contributed by atoms with Crippen molar-refractivity contribution in [3.8, 4) is 5.75 Å². The number of aliphatic hydroxyl groups excluding tert-OH is 1. The van der Waals surface area contributed by atoms with Crippen LogP contribution in [0.3, 0.4) is 0 Å². The van der Waals surface area contributed by atoms with Gasteiger partial charge in [-0.15, -0.1) is 0 Å². The molecule has 0 bridgehead atoms. The van der Waals surface area contributed by atoms with E-state index in [2.05, 4.69) is 22.9 Å². The summed E-state index contributed by atoms with van der Waals surface area (Å²) in [5.74, 6) is -0.768. The Morgan fingerprint density at radius 3 is 2.03 bits per heavy atom. The van der Waals surface area contributed by atoms with Gasteiger partial charge >= 0.3 is 6.09 Å². The molecule has 8 nitrogen and oxygen atoms in total. The van der Waals surface area contributed by atoms with Gasteiger partial charge in [0, 0.05) is 6.42 Å². The molecule has 0 aliphatic carbocycles. The Labute approximate surface area is 226 Å². The van der Waals surface area contributed by atoms with Crippen molar-refractivity contribution in [2.24, 2.45) is 5.92 Å². The lowest BCUT2D eigenvalue weighted by Gasteiger charge is -2.28. The lowest BCUT2D eigenvalue weighted by atomic mass is 9.99. The molecule has 2 aromatic rings. The Morgan fingerprint density at radius 1 is 0.816 bits per heavy atom. The van der Waals surface area contributed by atoms with E-state index in [1.807, 2.05) is 30.3 Å². The smallest absolute Gasteiger partial charge is 0.410 e. The van der Waals surface area contributed by atoms with Gasteiger partial charge in [0.1, 0.15) is 17.8 Å². The van der Waals surface area contributed by atoms with Crippen LogP contribution in [0, 0.1) is 5.92 Å². The number of aliphatic hydroxyl groups is 1. The third-order valence-electron chi connectivity index (χ3n) is 6.37. The number of carbonyl (C=O) groups is 3. The van der Waals surface area contributed by atoms with Crippen LogP contribution in [0.4, 0.5) is 4.79 Å². The summed E-state index contributed by atoms with van der Waals surface area (Å²) in [7, 11) is 0. The van der Waals surface area contributed by atoms with Crippen molar-refractivity contribution in [1.29, 1.82) is 0 Å². The van der Waals surface area contributed by atoms with Gasteiger partial charge in [-0.05, 0) is 37.0 Å². The standard InChI is InChI=1S/C30H43N3O5/c1-5-6-7-14-19-25(22(4)34)31-28(35)26(20-23-15-10-8-11-16-23)32-29(36)27(21(2)3)33-30(37)38-24-17-12-9-13-18-24/h8-13,15-18,21-22,25-27,34H,5-7,14,19-20H2,1-4H3,(H,31,35)(H,32,36)(H,33,37)/t22-,25-,26?,27?/m0/s1. The fourth-order valence-corrected chi connectivity index (χ4v) is 4.12. The molecule has 2 unspecified atom stereocenters. The highest BCUT2D eigenvalue weighted by atomic mass is 16.6. The zero-order valence-corrected chi connectivity index (χ0v) is 23.0. The second-order valence-electron chi connectivity index (χ2n) is 10.0. The minimum Gasteiger partial charge on any atom is -0.410 e.